The third-order valence-corrected chi connectivity index (χ3v) is 2.45. The molecule has 0 aliphatic carbocycles. The first-order valence-corrected chi connectivity index (χ1v) is 4.12. The summed E-state index contributed by atoms with van der Waals surface area (Å²) in [4.78, 5) is 4.87. The van der Waals surface area contributed by atoms with E-state index >= 15 is 0 Å². The molecule has 1 rings (SSSR count). The highest BCUT2D eigenvalue weighted by Crippen LogP contribution is 2.07. The van der Waals surface area contributed by atoms with Gasteiger partial charge in [-0.1, -0.05) is 6.92 Å². The summed E-state index contributed by atoms with van der Waals surface area (Å²) in [7, 11) is 4.43. The molecule has 0 amide bonds. The molecule has 0 N–H and O–H groups in total. The highest BCUT2D eigenvalue weighted by Gasteiger charge is 2.19. The van der Waals surface area contributed by atoms with Crippen molar-refractivity contribution in [3.05, 3.63) is 0 Å². The molecule has 0 aromatic heterocycles. The molecule has 1 aliphatic heterocycles. The van der Waals surface area contributed by atoms with Crippen molar-refractivity contribution in [1.29, 1.82) is 0 Å². The van der Waals surface area contributed by atoms with Crippen molar-refractivity contribution in [3.63, 3.8) is 0 Å². The van der Waals surface area contributed by atoms with Gasteiger partial charge in [0.15, 0.2) is 0 Å². The number of hydrogen-bond acceptors (Lipinski definition) is 2. The first-order chi connectivity index (χ1) is 4.74. The molecule has 1 saturated heterocycles. The molecule has 0 unspecified atom stereocenters. The largest absolute Gasteiger partial charge is 0.304 e. The zero-order valence-corrected chi connectivity index (χ0v) is 7.30. The van der Waals surface area contributed by atoms with Gasteiger partial charge < -0.3 is 9.80 Å². The number of piperazine rings is 1. The van der Waals surface area contributed by atoms with Gasteiger partial charge in [0.25, 0.3) is 0 Å². The lowest BCUT2D eigenvalue weighted by atomic mass is 10.1. The van der Waals surface area contributed by atoms with Gasteiger partial charge in [0.2, 0.25) is 0 Å². The highest BCUT2D eigenvalue weighted by molar-refractivity contribution is 4.76. The van der Waals surface area contributed by atoms with Crippen LogP contribution in [0.15, 0.2) is 0 Å². The van der Waals surface area contributed by atoms with Crippen molar-refractivity contribution in [2.75, 3.05) is 33.7 Å². The quantitative estimate of drug-likeness (QED) is 0.530. The summed E-state index contributed by atoms with van der Waals surface area (Å²) in [5.74, 6) is 0. The fourth-order valence-electron chi connectivity index (χ4n) is 1.54. The Labute approximate surface area is 63.8 Å². The van der Waals surface area contributed by atoms with Crippen molar-refractivity contribution in [2.24, 2.45) is 0 Å². The third-order valence-electron chi connectivity index (χ3n) is 2.45. The first-order valence-electron chi connectivity index (χ1n) is 4.12. The second kappa shape index (κ2) is 3.35. The van der Waals surface area contributed by atoms with Crippen LogP contribution in [0.25, 0.3) is 0 Å². The molecule has 0 aromatic carbocycles. The average molecular weight is 142 g/mol. The molecule has 0 radical (unpaired) electrons. The summed E-state index contributed by atoms with van der Waals surface area (Å²) in [6.07, 6.45) is 1.28. The molecule has 1 fully saturated rings. The predicted octanol–water partition coefficient (Wildman–Crippen LogP) is 0.642. The maximum absolute atomic E-state index is 2.46. The maximum Gasteiger partial charge on any atom is 0.0217 e. The number of nitrogens with zero attached hydrogens (tertiary/aromatic N) is 2. The van der Waals surface area contributed by atoms with E-state index in [2.05, 4.69) is 30.8 Å². The topological polar surface area (TPSA) is 6.48 Å². The Hall–Kier alpha value is -0.0800. The summed E-state index contributed by atoms with van der Waals surface area (Å²) in [5, 5.41) is 0. The van der Waals surface area contributed by atoms with Crippen molar-refractivity contribution >= 4 is 0 Å². The Morgan fingerprint density at radius 2 is 2.00 bits per heavy atom. The summed E-state index contributed by atoms with van der Waals surface area (Å²) in [6.45, 7) is 5.97. The molecule has 2 heteroatoms. The van der Waals surface area contributed by atoms with E-state index in [1.807, 2.05) is 0 Å². The Kier molecular flexibility index (Phi) is 2.69. The molecule has 1 heterocycles. The molecule has 0 saturated carbocycles. The van der Waals surface area contributed by atoms with Gasteiger partial charge >= 0.3 is 0 Å². The normalized spacial score (nSPS) is 30.9. The van der Waals surface area contributed by atoms with Gasteiger partial charge in [0.05, 0.1) is 0 Å². The van der Waals surface area contributed by atoms with Crippen LogP contribution in [-0.4, -0.2) is 49.6 Å². The van der Waals surface area contributed by atoms with Gasteiger partial charge in [0, 0.05) is 25.7 Å². The zero-order chi connectivity index (χ0) is 7.56. The van der Waals surface area contributed by atoms with Crippen LogP contribution in [0.5, 0.6) is 0 Å². The minimum atomic E-state index is 0.791. The standard InChI is InChI=1S/C8H18N2/c1-4-8-7-9(2)5-6-10(8)3/h8H,4-7H2,1-3H3/t8-/m1/s1. The lowest BCUT2D eigenvalue weighted by molar-refractivity contribution is 0.112. The maximum atomic E-state index is 2.46. The van der Waals surface area contributed by atoms with E-state index in [-0.39, 0.29) is 0 Å². The highest BCUT2D eigenvalue weighted by atomic mass is 15.3. The van der Waals surface area contributed by atoms with Crippen LogP contribution in [0.3, 0.4) is 0 Å². The van der Waals surface area contributed by atoms with Gasteiger partial charge in [-0.2, -0.15) is 0 Å². The molecular weight excluding hydrogens is 124 g/mol. The Morgan fingerprint density at radius 3 is 2.50 bits per heavy atom. The Balaban J connectivity index is 2.38. The van der Waals surface area contributed by atoms with Crippen LogP contribution in [0.2, 0.25) is 0 Å². The van der Waals surface area contributed by atoms with Gasteiger partial charge in [-0.3, -0.25) is 0 Å². The van der Waals surface area contributed by atoms with E-state index in [1.54, 1.807) is 0 Å². The molecular formula is C8H18N2. The molecule has 0 bridgehead atoms. The van der Waals surface area contributed by atoms with Gasteiger partial charge in [-0.15, -0.1) is 0 Å². The molecule has 1 atom stereocenters. The minimum absolute atomic E-state index is 0.791. The molecule has 60 valence electrons. The van der Waals surface area contributed by atoms with Crippen LogP contribution in [0.1, 0.15) is 13.3 Å². The van der Waals surface area contributed by atoms with Gasteiger partial charge in [-0.25, -0.2) is 0 Å². The fraction of sp³-hybridized carbons (Fsp3) is 1.00. The molecule has 2 nitrogen and oxygen atoms in total. The molecule has 10 heavy (non-hydrogen) atoms. The van der Waals surface area contributed by atoms with Crippen LogP contribution in [0, 0.1) is 0 Å². The zero-order valence-electron chi connectivity index (χ0n) is 7.30. The lowest BCUT2D eigenvalue weighted by Gasteiger charge is -2.37. The monoisotopic (exact) mass is 142 g/mol. The van der Waals surface area contributed by atoms with Crippen LogP contribution < -0.4 is 0 Å². The second-order valence-electron chi connectivity index (χ2n) is 3.30. The van der Waals surface area contributed by atoms with Crippen LogP contribution in [-0.2, 0) is 0 Å². The number of likely N-dealkylation sites (N-methyl/N-ethyl adjacent to an activating group) is 2. The van der Waals surface area contributed by atoms with Crippen LogP contribution in [0.4, 0.5) is 0 Å². The van der Waals surface area contributed by atoms with E-state index in [1.165, 1.54) is 26.1 Å². The van der Waals surface area contributed by atoms with E-state index in [0.29, 0.717) is 0 Å². The van der Waals surface area contributed by atoms with Crippen molar-refractivity contribution < 1.29 is 0 Å². The predicted molar refractivity (Wildman–Crippen MR) is 44.2 cm³/mol. The number of rotatable bonds is 1. The van der Waals surface area contributed by atoms with E-state index in [0.717, 1.165) is 6.04 Å². The average Bonchev–Trinajstić information content (AvgIpc) is 1.94. The minimum Gasteiger partial charge on any atom is -0.304 e. The van der Waals surface area contributed by atoms with E-state index in [9.17, 15) is 0 Å². The molecule has 1 aliphatic rings. The Morgan fingerprint density at radius 1 is 1.30 bits per heavy atom. The fourth-order valence-corrected chi connectivity index (χ4v) is 1.54. The third kappa shape index (κ3) is 1.70. The first kappa shape index (κ1) is 8.02. The van der Waals surface area contributed by atoms with Crippen LogP contribution >= 0.6 is 0 Å². The van der Waals surface area contributed by atoms with Crippen molar-refractivity contribution in [3.8, 4) is 0 Å². The molecule has 0 aromatic rings. The summed E-state index contributed by atoms with van der Waals surface area (Å²) < 4.78 is 0. The SMILES string of the molecule is CC[C@@H]1CN(C)CCN1C. The van der Waals surface area contributed by atoms with Crippen molar-refractivity contribution in [2.45, 2.75) is 19.4 Å². The Bertz CT molecular complexity index is 103. The van der Waals surface area contributed by atoms with Crippen molar-refractivity contribution in [1.82, 2.24) is 9.80 Å². The van der Waals surface area contributed by atoms with E-state index < -0.39 is 0 Å². The van der Waals surface area contributed by atoms with Gasteiger partial charge in [0.1, 0.15) is 0 Å². The second-order valence-corrected chi connectivity index (χ2v) is 3.30. The summed E-state index contributed by atoms with van der Waals surface area (Å²) in [6, 6.07) is 0.791. The van der Waals surface area contributed by atoms with Gasteiger partial charge in [-0.05, 0) is 20.5 Å². The summed E-state index contributed by atoms with van der Waals surface area (Å²) >= 11 is 0. The molecule has 0 spiro atoms. The lowest BCUT2D eigenvalue weighted by Crippen LogP contribution is -2.49. The number of hydrogen-bond donors (Lipinski definition) is 0. The smallest absolute Gasteiger partial charge is 0.0217 e. The summed E-state index contributed by atoms with van der Waals surface area (Å²) in [5.41, 5.74) is 0. The van der Waals surface area contributed by atoms with E-state index in [4.69, 9.17) is 0 Å².